The topological polar surface area (TPSA) is 80.7 Å². The Balaban J connectivity index is 1.56. The lowest BCUT2D eigenvalue weighted by Crippen LogP contribution is -2.44. The summed E-state index contributed by atoms with van der Waals surface area (Å²) in [5.74, 6) is 0. The van der Waals surface area contributed by atoms with Gasteiger partial charge in [-0.3, -0.25) is 4.90 Å². The molecule has 2 aromatic rings. The van der Waals surface area contributed by atoms with Gasteiger partial charge in [0.05, 0.1) is 24.6 Å². The lowest BCUT2D eigenvalue weighted by Gasteiger charge is -2.32. The number of fused-ring (bicyclic) bond motifs is 1. The van der Waals surface area contributed by atoms with Crippen molar-refractivity contribution in [3.63, 3.8) is 0 Å². The molecular formula is C14H19N5O2. The predicted molar refractivity (Wildman–Crippen MR) is 79.2 cm³/mol. The molecule has 0 aliphatic carbocycles. The first-order chi connectivity index (χ1) is 10.3. The highest BCUT2D eigenvalue weighted by Gasteiger charge is 2.30. The molecule has 1 aromatic heterocycles. The second kappa shape index (κ2) is 5.16. The van der Waals surface area contributed by atoms with Crippen molar-refractivity contribution in [1.82, 2.24) is 15.2 Å². The molecular weight excluding hydrogens is 270 g/mol. The summed E-state index contributed by atoms with van der Waals surface area (Å²) in [6.07, 6.45) is 1.16. The van der Waals surface area contributed by atoms with E-state index in [1.165, 1.54) is 0 Å². The highest BCUT2D eigenvalue weighted by molar-refractivity contribution is 5.95. The van der Waals surface area contributed by atoms with Crippen molar-refractivity contribution in [3.05, 3.63) is 12.1 Å². The van der Waals surface area contributed by atoms with E-state index in [2.05, 4.69) is 20.1 Å². The van der Waals surface area contributed by atoms with E-state index in [9.17, 15) is 0 Å². The molecule has 0 radical (unpaired) electrons. The van der Waals surface area contributed by atoms with Crippen molar-refractivity contribution in [2.24, 2.45) is 0 Å². The van der Waals surface area contributed by atoms with Crippen molar-refractivity contribution >= 4 is 22.4 Å². The molecule has 1 aromatic carbocycles. The summed E-state index contributed by atoms with van der Waals surface area (Å²) in [4.78, 5) is 4.88. The van der Waals surface area contributed by atoms with E-state index in [0.717, 1.165) is 57.0 Å². The predicted octanol–water partition coefficient (Wildman–Crippen LogP) is 0.716. The first kappa shape index (κ1) is 12.8. The third-order valence-corrected chi connectivity index (χ3v) is 4.49. The van der Waals surface area contributed by atoms with Gasteiger partial charge in [0, 0.05) is 32.2 Å². The van der Waals surface area contributed by atoms with E-state index >= 15 is 0 Å². The van der Waals surface area contributed by atoms with E-state index in [0.29, 0.717) is 17.2 Å². The smallest absolute Gasteiger partial charge is 0.160 e. The van der Waals surface area contributed by atoms with Crippen LogP contribution in [-0.4, -0.2) is 60.6 Å². The summed E-state index contributed by atoms with van der Waals surface area (Å²) in [6.45, 7) is 5.77. The average molecular weight is 289 g/mol. The number of nitrogens with two attached hydrogens (primary N) is 1. The number of morpholine rings is 1. The van der Waals surface area contributed by atoms with Crippen molar-refractivity contribution in [1.29, 1.82) is 0 Å². The minimum Gasteiger partial charge on any atom is -0.397 e. The van der Waals surface area contributed by atoms with E-state index < -0.39 is 0 Å². The number of ether oxygens (including phenoxy) is 1. The molecule has 7 nitrogen and oxygen atoms in total. The second-order valence-corrected chi connectivity index (χ2v) is 5.67. The molecule has 2 aliphatic rings. The molecule has 2 fully saturated rings. The Kier molecular flexibility index (Phi) is 3.16. The van der Waals surface area contributed by atoms with E-state index in [4.69, 9.17) is 15.1 Å². The van der Waals surface area contributed by atoms with Gasteiger partial charge in [0.1, 0.15) is 0 Å². The number of benzene rings is 1. The van der Waals surface area contributed by atoms with Gasteiger partial charge in [0.25, 0.3) is 0 Å². The summed E-state index contributed by atoms with van der Waals surface area (Å²) < 4.78 is 10.3. The van der Waals surface area contributed by atoms with Gasteiger partial charge in [-0.05, 0) is 28.9 Å². The molecule has 112 valence electrons. The Morgan fingerprint density at radius 1 is 1.10 bits per heavy atom. The molecule has 0 spiro atoms. The van der Waals surface area contributed by atoms with Crippen LogP contribution in [0.4, 0.5) is 11.4 Å². The first-order valence-electron chi connectivity index (χ1n) is 7.40. The largest absolute Gasteiger partial charge is 0.397 e. The highest BCUT2D eigenvalue weighted by Crippen LogP contribution is 2.31. The van der Waals surface area contributed by atoms with Crippen LogP contribution in [0.1, 0.15) is 6.42 Å². The monoisotopic (exact) mass is 289 g/mol. The van der Waals surface area contributed by atoms with Gasteiger partial charge in [0.2, 0.25) is 0 Å². The maximum absolute atomic E-state index is 5.91. The lowest BCUT2D eigenvalue weighted by molar-refractivity contribution is 0.0209. The van der Waals surface area contributed by atoms with Crippen LogP contribution in [0.5, 0.6) is 0 Å². The van der Waals surface area contributed by atoms with Crippen LogP contribution in [0.3, 0.4) is 0 Å². The quantitative estimate of drug-likeness (QED) is 0.816. The fraction of sp³-hybridized carbons (Fsp3) is 0.571. The van der Waals surface area contributed by atoms with Gasteiger partial charge >= 0.3 is 0 Å². The number of anilines is 2. The fourth-order valence-corrected chi connectivity index (χ4v) is 3.33. The van der Waals surface area contributed by atoms with Gasteiger partial charge in [-0.1, -0.05) is 0 Å². The van der Waals surface area contributed by atoms with Gasteiger partial charge < -0.3 is 15.4 Å². The summed E-state index contributed by atoms with van der Waals surface area (Å²) in [5.41, 5.74) is 9.00. The highest BCUT2D eigenvalue weighted by atomic mass is 16.6. The third-order valence-electron chi connectivity index (χ3n) is 4.49. The van der Waals surface area contributed by atoms with Crippen LogP contribution >= 0.6 is 0 Å². The normalized spacial score (nSPS) is 24.0. The zero-order valence-corrected chi connectivity index (χ0v) is 11.9. The first-order valence-corrected chi connectivity index (χ1v) is 7.40. The summed E-state index contributed by atoms with van der Waals surface area (Å²) >= 11 is 0. The Bertz CT molecular complexity index is 637. The molecule has 4 rings (SSSR count). The van der Waals surface area contributed by atoms with Crippen LogP contribution in [0.2, 0.25) is 0 Å². The molecule has 0 amide bonds. The molecule has 1 atom stereocenters. The standard InChI is InChI=1S/C14H19N5O2/c15-11-1-2-12(14-13(11)16-21-17-14)19-4-3-10(9-19)18-5-7-20-8-6-18/h1-2,10H,3-9,15H2. The van der Waals surface area contributed by atoms with E-state index in [1.807, 2.05) is 12.1 Å². The number of nitrogens with zero attached hydrogens (tertiary/aromatic N) is 4. The zero-order chi connectivity index (χ0) is 14.2. The van der Waals surface area contributed by atoms with Crippen molar-refractivity contribution < 1.29 is 9.37 Å². The maximum atomic E-state index is 5.91. The van der Waals surface area contributed by atoms with Crippen LogP contribution in [0.15, 0.2) is 16.8 Å². The van der Waals surface area contributed by atoms with Gasteiger partial charge in [-0.25, -0.2) is 4.63 Å². The summed E-state index contributed by atoms with van der Waals surface area (Å²) in [5, 5.41) is 7.91. The van der Waals surface area contributed by atoms with Crippen molar-refractivity contribution in [2.75, 3.05) is 50.0 Å². The van der Waals surface area contributed by atoms with Gasteiger partial charge in [-0.15, -0.1) is 0 Å². The summed E-state index contributed by atoms with van der Waals surface area (Å²) in [6, 6.07) is 4.48. The number of rotatable bonds is 2. The molecule has 7 heteroatoms. The number of hydrogen-bond donors (Lipinski definition) is 1. The zero-order valence-electron chi connectivity index (χ0n) is 11.9. The molecule has 2 aliphatic heterocycles. The van der Waals surface area contributed by atoms with Crippen molar-refractivity contribution in [2.45, 2.75) is 12.5 Å². The molecule has 2 N–H and O–H groups in total. The molecule has 0 bridgehead atoms. The third kappa shape index (κ3) is 2.22. The Morgan fingerprint density at radius 3 is 2.76 bits per heavy atom. The van der Waals surface area contributed by atoms with Crippen LogP contribution in [0, 0.1) is 0 Å². The number of aromatic nitrogens is 2. The van der Waals surface area contributed by atoms with Crippen LogP contribution in [-0.2, 0) is 4.74 Å². The molecule has 3 heterocycles. The Labute approximate surface area is 122 Å². The minimum absolute atomic E-state index is 0.585. The molecule has 21 heavy (non-hydrogen) atoms. The van der Waals surface area contributed by atoms with Crippen LogP contribution in [0.25, 0.3) is 11.0 Å². The van der Waals surface area contributed by atoms with E-state index in [1.54, 1.807) is 0 Å². The summed E-state index contributed by atoms with van der Waals surface area (Å²) in [7, 11) is 0. The fourth-order valence-electron chi connectivity index (χ4n) is 3.33. The van der Waals surface area contributed by atoms with E-state index in [-0.39, 0.29) is 0 Å². The number of hydrogen-bond acceptors (Lipinski definition) is 7. The number of nitrogen functional groups attached to an aromatic ring is 1. The average Bonchev–Trinajstić information content (AvgIpc) is 3.18. The molecule has 1 unspecified atom stereocenters. The molecule has 2 saturated heterocycles. The minimum atomic E-state index is 0.585. The lowest BCUT2D eigenvalue weighted by atomic mass is 10.2. The Morgan fingerprint density at radius 2 is 1.90 bits per heavy atom. The van der Waals surface area contributed by atoms with Crippen molar-refractivity contribution in [3.8, 4) is 0 Å². The van der Waals surface area contributed by atoms with Gasteiger partial charge in [-0.2, -0.15) is 0 Å². The maximum Gasteiger partial charge on any atom is 0.160 e. The second-order valence-electron chi connectivity index (χ2n) is 5.67. The van der Waals surface area contributed by atoms with Crippen LogP contribution < -0.4 is 10.6 Å². The van der Waals surface area contributed by atoms with Gasteiger partial charge in [0.15, 0.2) is 11.0 Å². The molecule has 0 saturated carbocycles. The Hall–Kier alpha value is -1.86. The SMILES string of the molecule is Nc1ccc(N2CCC(N3CCOCC3)C2)c2nonc12.